The maximum atomic E-state index is 12.8. The maximum absolute atomic E-state index is 12.8. The van der Waals surface area contributed by atoms with Crippen LogP contribution < -0.4 is 4.74 Å². The van der Waals surface area contributed by atoms with Gasteiger partial charge in [-0.1, -0.05) is 6.07 Å². The van der Waals surface area contributed by atoms with E-state index < -0.39 is 17.7 Å². The second kappa shape index (κ2) is 8.80. The third-order valence-corrected chi connectivity index (χ3v) is 5.62. The number of carbonyl (C=O) groups excluding carboxylic acids is 2. The highest BCUT2D eigenvalue weighted by Crippen LogP contribution is 2.41. The molecule has 1 atom stereocenters. The number of nitrogens with zero attached hydrogens (tertiary/aromatic N) is 1. The highest BCUT2D eigenvalue weighted by molar-refractivity contribution is 7.10. The number of ether oxygens (including phenoxy) is 2. The Balaban J connectivity index is 2.07. The highest BCUT2D eigenvalue weighted by atomic mass is 32.1. The topological polar surface area (TPSA) is 76.1 Å². The number of Topliss-reactive ketones (excluding diaryl/α,β-unsaturated/α-hetero) is 1. The first-order chi connectivity index (χ1) is 13.8. The lowest BCUT2D eigenvalue weighted by Gasteiger charge is -2.23. The van der Waals surface area contributed by atoms with Crippen LogP contribution in [0.25, 0.3) is 5.76 Å². The van der Waals surface area contributed by atoms with Gasteiger partial charge < -0.3 is 19.5 Å². The largest absolute Gasteiger partial charge is 0.507 e. The van der Waals surface area contributed by atoms with E-state index >= 15 is 0 Å². The number of aliphatic hydroxyl groups is 1. The van der Waals surface area contributed by atoms with Gasteiger partial charge in [0.1, 0.15) is 11.5 Å². The molecular formula is C22H25NO5S. The van der Waals surface area contributed by atoms with Gasteiger partial charge in [-0.05, 0) is 56.0 Å². The maximum Gasteiger partial charge on any atom is 0.295 e. The van der Waals surface area contributed by atoms with Crippen LogP contribution in [0.15, 0.2) is 41.3 Å². The van der Waals surface area contributed by atoms with Crippen LogP contribution in [-0.4, -0.2) is 48.1 Å². The monoisotopic (exact) mass is 415 g/mol. The molecule has 1 unspecified atom stereocenters. The van der Waals surface area contributed by atoms with Crippen molar-refractivity contribution in [3.8, 4) is 5.75 Å². The van der Waals surface area contributed by atoms with Crippen molar-refractivity contribution in [2.45, 2.75) is 32.9 Å². The molecule has 1 aromatic heterocycles. The quantitative estimate of drug-likeness (QED) is 0.422. The van der Waals surface area contributed by atoms with Gasteiger partial charge in [-0.3, -0.25) is 9.59 Å². The summed E-state index contributed by atoms with van der Waals surface area (Å²) in [6, 6.07) is 8.33. The lowest BCUT2D eigenvalue weighted by molar-refractivity contribution is -0.140. The molecule has 1 fully saturated rings. The van der Waals surface area contributed by atoms with E-state index in [-0.39, 0.29) is 24.0 Å². The number of thiophene rings is 1. The molecule has 1 aliphatic heterocycles. The molecule has 3 rings (SSSR count). The zero-order valence-electron chi connectivity index (χ0n) is 17.0. The number of carbonyl (C=O) groups is 2. The first-order valence-corrected chi connectivity index (χ1v) is 10.3. The van der Waals surface area contributed by atoms with Crippen LogP contribution in [0.2, 0.25) is 0 Å². The Morgan fingerprint density at radius 3 is 2.62 bits per heavy atom. The molecule has 0 bridgehead atoms. The fourth-order valence-electron chi connectivity index (χ4n) is 3.38. The summed E-state index contributed by atoms with van der Waals surface area (Å²) >= 11 is 1.44. The van der Waals surface area contributed by atoms with Gasteiger partial charge >= 0.3 is 0 Å². The zero-order chi connectivity index (χ0) is 21.1. The average molecular weight is 416 g/mol. The van der Waals surface area contributed by atoms with Crippen molar-refractivity contribution in [3.05, 3.63) is 57.3 Å². The molecule has 2 aromatic rings. The summed E-state index contributed by atoms with van der Waals surface area (Å²) in [5, 5.41) is 12.9. The summed E-state index contributed by atoms with van der Waals surface area (Å²) in [7, 11) is 1.54. The molecule has 0 saturated carbocycles. The van der Waals surface area contributed by atoms with Gasteiger partial charge in [0.25, 0.3) is 11.7 Å². The molecule has 1 amide bonds. The molecule has 1 aliphatic rings. The van der Waals surface area contributed by atoms with Crippen LogP contribution in [0.1, 0.15) is 35.9 Å². The van der Waals surface area contributed by atoms with Crippen molar-refractivity contribution in [1.82, 2.24) is 4.90 Å². The number of likely N-dealkylation sites (tertiary alicyclic amines) is 1. The van der Waals surface area contributed by atoms with Crippen molar-refractivity contribution in [2.75, 3.05) is 20.3 Å². The number of aliphatic hydroxyl groups excluding tert-OH is 1. The number of ketones is 1. The number of benzene rings is 1. The predicted octanol–water partition coefficient (Wildman–Crippen LogP) is 3.91. The third-order valence-electron chi connectivity index (χ3n) is 4.70. The molecule has 29 heavy (non-hydrogen) atoms. The minimum Gasteiger partial charge on any atom is -0.507 e. The van der Waals surface area contributed by atoms with Gasteiger partial charge in [-0.15, -0.1) is 11.3 Å². The van der Waals surface area contributed by atoms with Crippen molar-refractivity contribution in [1.29, 1.82) is 0 Å². The van der Waals surface area contributed by atoms with Crippen LogP contribution in [0.3, 0.4) is 0 Å². The fourth-order valence-corrected chi connectivity index (χ4v) is 4.23. The molecule has 7 heteroatoms. The minimum absolute atomic E-state index is 0.0260. The number of methoxy groups -OCH3 is 1. The summed E-state index contributed by atoms with van der Waals surface area (Å²) in [6.07, 6.45) is 0.0260. The zero-order valence-corrected chi connectivity index (χ0v) is 17.8. The second-order valence-electron chi connectivity index (χ2n) is 7.15. The summed E-state index contributed by atoms with van der Waals surface area (Å²) < 4.78 is 10.8. The number of hydrogen-bond donors (Lipinski definition) is 1. The lowest BCUT2D eigenvalue weighted by atomic mass is 9.98. The van der Waals surface area contributed by atoms with Crippen molar-refractivity contribution >= 4 is 28.8 Å². The summed E-state index contributed by atoms with van der Waals surface area (Å²) in [6.45, 7) is 6.32. The summed E-state index contributed by atoms with van der Waals surface area (Å²) in [5.74, 6) is -0.775. The van der Waals surface area contributed by atoms with Crippen LogP contribution in [0, 0.1) is 6.92 Å². The van der Waals surface area contributed by atoms with Crippen LogP contribution in [0.5, 0.6) is 5.75 Å². The number of amides is 1. The van der Waals surface area contributed by atoms with Crippen LogP contribution in [0.4, 0.5) is 0 Å². The fraction of sp³-hybridized carbons (Fsp3) is 0.364. The van der Waals surface area contributed by atoms with Crippen molar-refractivity contribution in [2.24, 2.45) is 0 Å². The molecule has 1 N–H and O–H groups in total. The number of aryl methyl sites for hydroxylation is 1. The van der Waals surface area contributed by atoms with E-state index in [0.717, 1.165) is 10.4 Å². The minimum atomic E-state index is -0.683. The van der Waals surface area contributed by atoms with E-state index in [4.69, 9.17) is 9.47 Å². The summed E-state index contributed by atoms with van der Waals surface area (Å²) in [4.78, 5) is 27.8. The molecule has 154 valence electrons. The lowest BCUT2D eigenvalue weighted by Crippen LogP contribution is -2.32. The van der Waals surface area contributed by atoms with Gasteiger partial charge in [0.05, 0.1) is 24.3 Å². The van der Waals surface area contributed by atoms with Gasteiger partial charge in [-0.25, -0.2) is 0 Å². The van der Waals surface area contributed by atoms with Crippen molar-refractivity contribution in [3.63, 3.8) is 0 Å². The van der Waals surface area contributed by atoms with Crippen LogP contribution >= 0.6 is 11.3 Å². The molecule has 0 aliphatic carbocycles. The molecule has 1 aromatic carbocycles. The van der Waals surface area contributed by atoms with E-state index in [1.807, 2.05) is 38.3 Å². The third kappa shape index (κ3) is 4.21. The average Bonchev–Trinajstić information content (AvgIpc) is 3.29. The molecule has 0 spiro atoms. The van der Waals surface area contributed by atoms with Crippen LogP contribution in [-0.2, 0) is 14.3 Å². The molecule has 2 heterocycles. The van der Waals surface area contributed by atoms with E-state index in [1.165, 1.54) is 16.2 Å². The number of rotatable bonds is 7. The van der Waals surface area contributed by atoms with Gasteiger partial charge in [0.2, 0.25) is 0 Å². The van der Waals surface area contributed by atoms with E-state index in [9.17, 15) is 14.7 Å². The molecular weight excluding hydrogens is 390 g/mol. The normalized spacial score (nSPS) is 18.7. The SMILES string of the molecule is COCCN1C(=O)C(=O)/C(=C(/O)c2ccc(OC(C)C)c(C)c2)C1c1cccs1. The molecule has 1 saturated heterocycles. The van der Waals surface area contributed by atoms with Crippen molar-refractivity contribution < 1.29 is 24.2 Å². The second-order valence-corrected chi connectivity index (χ2v) is 8.13. The van der Waals surface area contributed by atoms with E-state index in [1.54, 1.807) is 25.3 Å². The summed E-state index contributed by atoms with van der Waals surface area (Å²) in [5.41, 5.74) is 1.42. The van der Waals surface area contributed by atoms with Gasteiger partial charge in [-0.2, -0.15) is 0 Å². The Bertz CT molecular complexity index is 933. The highest BCUT2D eigenvalue weighted by Gasteiger charge is 2.46. The smallest absolute Gasteiger partial charge is 0.295 e. The predicted molar refractivity (Wildman–Crippen MR) is 112 cm³/mol. The molecule has 0 radical (unpaired) electrons. The Morgan fingerprint density at radius 2 is 2.03 bits per heavy atom. The number of hydrogen-bond acceptors (Lipinski definition) is 6. The Hall–Kier alpha value is -2.64. The Kier molecular flexibility index (Phi) is 6.39. The molecule has 6 nitrogen and oxygen atoms in total. The van der Waals surface area contributed by atoms with Gasteiger partial charge in [0, 0.05) is 24.1 Å². The van der Waals surface area contributed by atoms with Gasteiger partial charge in [0.15, 0.2) is 0 Å². The Labute approximate surface area is 174 Å². The standard InChI is InChI=1S/C22H25NO5S/c1-13(2)28-16-8-7-15(12-14(16)3)20(24)18-19(17-6-5-11-29-17)23(9-10-27-4)22(26)21(18)25/h5-8,11-13,19,24H,9-10H2,1-4H3/b20-18+. The van der Waals surface area contributed by atoms with E-state index in [0.29, 0.717) is 17.9 Å². The first-order valence-electron chi connectivity index (χ1n) is 9.43. The Morgan fingerprint density at radius 1 is 1.28 bits per heavy atom. The first kappa shape index (κ1) is 21.1. The van der Waals surface area contributed by atoms with E-state index in [2.05, 4.69) is 0 Å².